The molecule has 0 atom stereocenters. The van der Waals surface area contributed by atoms with E-state index in [-0.39, 0.29) is 0 Å². The van der Waals surface area contributed by atoms with E-state index in [9.17, 15) is 0 Å². The van der Waals surface area contributed by atoms with E-state index in [0.717, 1.165) is 18.7 Å². The van der Waals surface area contributed by atoms with E-state index >= 15 is 0 Å². The highest BCUT2D eigenvalue weighted by molar-refractivity contribution is 5.28. The Morgan fingerprint density at radius 2 is 2.60 bits per heavy atom. The number of allylic oxidation sites excluding steroid dienone is 1. The van der Waals surface area contributed by atoms with Crippen molar-refractivity contribution in [2.24, 2.45) is 4.99 Å². The average Bonchev–Trinajstić information content (AvgIpc) is 1.99. The summed E-state index contributed by atoms with van der Waals surface area (Å²) in [5.41, 5.74) is 0. The van der Waals surface area contributed by atoms with Crippen LogP contribution >= 0.6 is 0 Å². The van der Waals surface area contributed by atoms with Crippen LogP contribution in [0.1, 0.15) is 12.8 Å². The van der Waals surface area contributed by atoms with Crippen LogP contribution in [0, 0.1) is 12.3 Å². The molecule has 2 nitrogen and oxygen atoms in total. The van der Waals surface area contributed by atoms with E-state index in [0.29, 0.717) is 0 Å². The van der Waals surface area contributed by atoms with Gasteiger partial charge in [-0.2, -0.15) is 0 Å². The zero-order valence-electron chi connectivity index (χ0n) is 6.22. The molecule has 54 valence electrons. The lowest BCUT2D eigenvalue weighted by atomic mass is 10.3. The minimum Gasteiger partial charge on any atom is -0.373 e. The molecule has 10 heavy (non-hydrogen) atoms. The summed E-state index contributed by atoms with van der Waals surface area (Å²) in [5.74, 6) is 3.32. The molecule has 2 heteroatoms. The number of rotatable bonds is 4. The number of hydrogen-bond donors (Lipinski definition) is 1. The van der Waals surface area contributed by atoms with Crippen LogP contribution in [0.15, 0.2) is 16.9 Å². The summed E-state index contributed by atoms with van der Waals surface area (Å²) in [6.07, 6.45) is 8.58. The van der Waals surface area contributed by atoms with E-state index in [2.05, 4.69) is 22.9 Å². The molecule has 0 aromatic carbocycles. The second-order valence-corrected chi connectivity index (χ2v) is 1.74. The summed E-state index contributed by atoms with van der Waals surface area (Å²) in [6, 6.07) is 0. The molecule has 0 spiro atoms. The first kappa shape index (κ1) is 8.77. The van der Waals surface area contributed by atoms with Gasteiger partial charge in [-0.15, -0.1) is 12.3 Å². The monoisotopic (exact) mass is 136 g/mol. The summed E-state index contributed by atoms with van der Waals surface area (Å²) in [7, 11) is 1.80. The van der Waals surface area contributed by atoms with E-state index in [1.165, 1.54) is 0 Å². The third-order valence-corrected chi connectivity index (χ3v) is 1.05. The molecule has 0 fully saturated rings. The van der Waals surface area contributed by atoms with Crippen LogP contribution < -0.4 is 5.32 Å². The van der Waals surface area contributed by atoms with Gasteiger partial charge in [-0.05, 0) is 19.2 Å². The molecule has 0 aromatic rings. The van der Waals surface area contributed by atoms with Crippen molar-refractivity contribution < 1.29 is 0 Å². The molecule has 0 unspecified atom stereocenters. The van der Waals surface area contributed by atoms with Crippen LogP contribution in [0.4, 0.5) is 0 Å². The molecular formula is C8H12N2. The molecule has 0 aliphatic rings. The second-order valence-electron chi connectivity index (χ2n) is 1.74. The first-order chi connectivity index (χ1) is 4.85. The summed E-state index contributed by atoms with van der Waals surface area (Å²) in [5, 5.41) is 2.87. The number of hydrogen-bond acceptors (Lipinski definition) is 2. The number of unbranched alkanes of at least 4 members (excludes halogenated alkanes) is 1. The maximum atomic E-state index is 5.05. The van der Waals surface area contributed by atoms with Gasteiger partial charge >= 0.3 is 0 Å². The van der Waals surface area contributed by atoms with Gasteiger partial charge < -0.3 is 5.32 Å². The number of terminal acetylenes is 1. The lowest BCUT2D eigenvalue weighted by Gasteiger charge is -1.96. The van der Waals surface area contributed by atoms with Gasteiger partial charge in [0.25, 0.3) is 0 Å². The molecule has 0 saturated heterocycles. The number of nitrogens with one attached hydrogen (secondary N) is 1. The molecule has 0 saturated carbocycles. The molecule has 0 rings (SSSR count). The summed E-state index contributed by atoms with van der Waals surface area (Å²) >= 11 is 0. The third-order valence-electron chi connectivity index (χ3n) is 1.05. The highest BCUT2D eigenvalue weighted by Crippen LogP contribution is 1.94. The largest absolute Gasteiger partial charge is 0.373 e. The minimum atomic E-state index is 0.751. The smallest absolute Gasteiger partial charge is 0.120 e. The summed E-state index contributed by atoms with van der Waals surface area (Å²) < 4.78 is 0. The molecule has 1 N–H and O–H groups in total. The standard InChI is InChI=1S/C8H12N2/c1-4-5-6-7-8(9-2)10-3/h1,7,10H,2,5-6H2,3H3/b8-7+. The van der Waals surface area contributed by atoms with Gasteiger partial charge in [0.15, 0.2) is 0 Å². The fourth-order valence-electron chi connectivity index (χ4n) is 0.538. The Hall–Kier alpha value is -1.23. The van der Waals surface area contributed by atoms with Crippen molar-refractivity contribution in [3.8, 4) is 12.3 Å². The maximum absolute atomic E-state index is 5.05. The van der Waals surface area contributed by atoms with Crippen LogP contribution in [0.25, 0.3) is 0 Å². The first-order valence-electron chi connectivity index (χ1n) is 3.13. The van der Waals surface area contributed by atoms with Crippen molar-refractivity contribution in [1.82, 2.24) is 5.32 Å². The summed E-state index contributed by atoms with van der Waals surface area (Å²) in [4.78, 5) is 3.71. The van der Waals surface area contributed by atoms with Crippen LogP contribution in [-0.2, 0) is 0 Å². The Kier molecular flexibility index (Phi) is 5.17. The zero-order valence-corrected chi connectivity index (χ0v) is 6.22. The van der Waals surface area contributed by atoms with Crippen LogP contribution in [-0.4, -0.2) is 13.8 Å². The van der Waals surface area contributed by atoms with E-state index < -0.39 is 0 Å². The lowest BCUT2D eigenvalue weighted by molar-refractivity contribution is 0.934. The van der Waals surface area contributed by atoms with Crippen molar-refractivity contribution in [3.05, 3.63) is 11.9 Å². The predicted octanol–water partition coefficient (Wildman–Crippen LogP) is 1.16. The molecule has 0 amide bonds. The fraction of sp³-hybridized carbons (Fsp3) is 0.375. The SMILES string of the molecule is C#CCC/C=C(\N=C)NC. The normalized spacial score (nSPS) is 10.2. The molecule has 0 heterocycles. The molecule has 0 bridgehead atoms. The van der Waals surface area contributed by atoms with Gasteiger partial charge in [0.2, 0.25) is 0 Å². The molecule has 0 radical (unpaired) electrons. The lowest BCUT2D eigenvalue weighted by Crippen LogP contribution is -2.02. The average molecular weight is 136 g/mol. The Morgan fingerprint density at radius 3 is 3.00 bits per heavy atom. The Balaban J connectivity index is 3.66. The van der Waals surface area contributed by atoms with Crippen molar-refractivity contribution in [2.75, 3.05) is 7.05 Å². The number of nitrogens with zero attached hydrogens (tertiary/aromatic N) is 1. The third kappa shape index (κ3) is 3.73. The van der Waals surface area contributed by atoms with Crippen molar-refractivity contribution >= 4 is 6.72 Å². The molecule has 0 aromatic heterocycles. The maximum Gasteiger partial charge on any atom is 0.120 e. The van der Waals surface area contributed by atoms with E-state index in [1.807, 2.05) is 6.08 Å². The first-order valence-corrected chi connectivity index (χ1v) is 3.13. The molecular weight excluding hydrogens is 124 g/mol. The Labute approximate surface area is 62.0 Å². The van der Waals surface area contributed by atoms with Crippen molar-refractivity contribution in [1.29, 1.82) is 0 Å². The van der Waals surface area contributed by atoms with E-state index in [1.54, 1.807) is 7.05 Å². The topological polar surface area (TPSA) is 24.4 Å². The highest BCUT2D eigenvalue weighted by atomic mass is 15.0. The fourth-order valence-corrected chi connectivity index (χ4v) is 0.538. The van der Waals surface area contributed by atoms with Gasteiger partial charge in [-0.25, -0.2) is 4.99 Å². The van der Waals surface area contributed by atoms with Crippen LogP contribution in [0.2, 0.25) is 0 Å². The van der Waals surface area contributed by atoms with Crippen LogP contribution in [0.3, 0.4) is 0 Å². The van der Waals surface area contributed by atoms with E-state index in [4.69, 9.17) is 6.42 Å². The second kappa shape index (κ2) is 5.90. The van der Waals surface area contributed by atoms with Gasteiger partial charge in [-0.1, -0.05) is 0 Å². The van der Waals surface area contributed by atoms with Gasteiger partial charge in [0.05, 0.1) is 0 Å². The molecule has 0 aliphatic carbocycles. The quantitative estimate of drug-likeness (QED) is 0.350. The van der Waals surface area contributed by atoms with Gasteiger partial charge in [0.1, 0.15) is 5.82 Å². The van der Waals surface area contributed by atoms with Crippen molar-refractivity contribution in [2.45, 2.75) is 12.8 Å². The predicted molar refractivity (Wildman–Crippen MR) is 44.8 cm³/mol. The minimum absolute atomic E-state index is 0.751. The Morgan fingerprint density at radius 1 is 1.90 bits per heavy atom. The summed E-state index contributed by atoms with van der Waals surface area (Å²) in [6.45, 7) is 3.38. The van der Waals surface area contributed by atoms with Gasteiger partial charge in [0, 0.05) is 13.5 Å². The highest BCUT2D eigenvalue weighted by Gasteiger charge is 1.83. The molecule has 0 aliphatic heterocycles. The van der Waals surface area contributed by atoms with Crippen molar-refractivity contribution in [3.63, 3.8) is 0 Å². The van der Waals surface area contributed by atoms with Crippen LogP contribution in [0.5, 0.6) is 0 Å². The Bertz CT molecular complexity index is 163. The number of aliphatic imine (C=N–C) groups is 1. The van der Waals surface area contributed by atoms with Gasteiger partial charge in [-0.3, -0.25) is 0 Å². The zero-order chi connectivity index (χ0) is 7.82.